The molecule has 92 valence electrons. The van der Waals surface area contributed by atoms with Gasteiger partial charge in [0.15, 0.2) is 0 Å². The van der Waals surface area contributed by atoms with Crippen molar-refractivity contribution >= 4 is 21.4 Å². The predicted molar refractivity (Wildman–Crippen MR) is 65.4 cm³/mol. The van der Waals surface area contributed by atoms with E-state index in [2.05, 4.69) is 4.72 Å². The zero-order valence-electron chi connectivity index (χ0n) is 9.52. The summed E-state index contributed by atoms with van der Waals surface area (Å²) in [5.41, 5.74) is 0. The second-order valence-electron chi connectivity index (χ2n) is 3.32. The lowest BCUT2D eigenvalue weighted by Gasteiger charge is -2.03. The van der Waals surface area contributed by atoms with Crippen LogP contribution in [-0.4, -0.2) is 28.7 Å². The van der Waals surface area contributed by atoms with E-state index in [4.69, 9.17) is 4.74 Å². The monoisotopic (exact) mass is 263 g/mol. The molecule has 1 aromatic heterocycles. The number of methoxy groups -OCH3 is 1. The summed E-state index contributed by atoms with van der Waals surface area (Å²) in [6.45, 7) is 2.98. The molecule has 1 rings (SSSR count). The molecule has 0 spiro atoms. The number of aryl methyl sites for hydroxylation is 1. The molecule has 0 saturated heterocycles. The number of hydrogen-bond donors (Lipinski definition) is 1. The lowest BCUT2D eigenvalue weighted by molar-refractivity contribution is 0.196. The fourth-order valence-electron chi connectivity index (χ4n) is 1.19. The summed E-state index contributed by atoms with van der Waals surface area (Å²) in [6, 6.07) is 3.51. The number of nitrogens with one attached hydrogen (secondary N) is 1. The number of hydrogen-bond acceptors (Lipinski definition) is 4. The van der Waals surface area contributed by atoms with Crippen molar-refractivity contribution < 1.29 is 13.2 Å². The first-order valence-electron chi connectivity index (χ1n) is 5.17. The van der Waals surface area contributed by atoms with E-state index in [1.807, 2.05) is 13.0 Å². The van der Waals surface area contributed by atoms with Crippen molar-refractivity contribution in [3.05, 3.63) is 17.0 Å². The number of sulfonamides is 1. The zero-order chi connectivity index (χ0) is 12.0. The van der Waals surface area contributed by atoms with Gasteiger partial charge in [-0.05, 0) is 25.0 Å². The Morgan fingerprint density at radius 3 is 2.75 bits per heavy atom. The Bertz CT molecular complexity index is 411. The van der Waals surface area contributed by atoms with Crippen molar-refractivity contribution in [1.82, 2.24) is 4.72 Å². The normalized spacial score (nSPS) is 11.9. The van der Waals surface area contributed by atoms with Gasteiger partial charge in [-0.15, -0.1) is 11.3 Å². The van der Waals surface area contributed by atoms with Crippen LogP contribution in [0.15, 0.2) is 16.3 Å². The van der Waals surface area contributed by atoms with E-state index in [-0.39, 0.29) is 0 Å². The van der Waals surface area contributed by atoms with E-state index in [0.29, 0.717) is 23.8 Å². The fourth-order valence-corrected chi connectivity index (χ4v) is 3.60. The second kappa shape index (κ2) is 6.34. The third-order valence-electron chi connectivity index (χ3n) is 2.07. The summed E-state index contributed by atoms with van der Waals surface area (Å²) in [6.07, 6.45) is 1.55. The van der Waals surface area contributed by atoms with Crippen LogP contribution in [0.4, 0.5) is 0 Å². The maximum Gasteiger partial charge on any atom is 0.250 e. The van der Waals surface area contributed by atoms with E-state index in [0.717, 1.165) is 11.3 Å². The molecule has 1 N–H and O–H groups in total. The molecule has 16 heavy (non-hydrogen) atoms. The molecular formula is C10H17NO3S2. The Morgan fingerprint density at radius 1 is 1.44 bits per heavy atom. The largest absolute Gasteiger partial charge is 0.385 e. The van der Waals surface area contributed by atoms with Gasteiger partial charge in [-0.1, -0.05) is 6.92 Å². The molecule has 0 bridgehead atoms. The first-order valence-corrected chi connectivity index (χ1v) is 7.47. The maximum absolute atomic E-state index is 11.8. The van der Waals surface area contributed by atoms with E-state index < -0.39 is 10.0 Å². The van der Waals surface area contributed by atoms with Gasteiger partial charge in [-0.3, -0.25) is 0 Å². The van der Waals surface area contributed by atoms with Crippen LogP contribution < -0.4 is 4.72 Å². The first kappa shape index (κ1) is 13.6. The summed E-state index contributed by atoms with van der Waals surface area (Å²) in [7, 11) is -1.72. The summed E-state index contributed by atoms with van der Waals surface area (Å²) in [4.78, 5) is 1.08. The molecule has 4 nitrogen and oxygen atoms in total. The molecule has 1 aromatic rings. The van der Waals surface area contributed by atoms with Gasteiger partial charge < -0.3 is 4.74 Å². The van der Waals surface area contributed by atoms with E-state index in [1.165, 1.54) is 11.3 Å². The summed E-state index contributed by atoms with van der Waals surface area (Å²) in [5.74, 6) is 0. The highest BCUT2D eigenvalue weighted by Crippen LogP contribution is 2.21. The summed E-state index contributed by atoms with van der Waals surface area (Å²) in [5, 5.41) is 0. The Balaban J connectivity index is 2.56. The van der Waals surface area contributed by atoms with Crippen molar-refractivity contribution in [2.45, 2.75) is 24.0 Å². The Morgan fingerprint density at radius 2 is 2.19 bits per heavy atom. The van der Waals surface area contributed by atoms with E-state index in [9.17, 15) is 8.42 Å². The van der Waals surface area contributed by atoms with Crippen molar-refractivity contribution in [2.24, 2.45) is 0 Å². The average molecular weight is 263 g/mol. The van der Waals surface area contributed by atoms with Gasteiger partial charge >= 0.3 is 0 Å². The van der Waals surface area contributed by atoms with Crippen LogP contribution in [0.3, 0.4) is 0 Å². The van der Waals surface area contributed by atoms with E-state index >= 15 is 0 Å². The first-order chi connectivity index (χ1) is 7.60. The van der Waals surface area contributed by atoms with Crippen LogP contribution in [0.2, 0.25) is 0 Å². The van der Waals surface area contributed by atoms with Crippen LogP contribution in [0.1, 0.15) is 18.2 Å². The van der Waals surface area contributed by atoms with Gasteiger partial charge in [0.2, 0.25) is 10.0 Å². The highest BCUT2D eigenvalue weighted by molar-refractivity contribution is 7.91. The molecule has 6 heteroatoms. The molecule has 0 aliphatic carbocycles. The van der Waals surface area contributed by atoms with Gasteiger partial charge in [0.25, 0.3) is 0 Å². The predicted octanol–water partition coefficient (Wildman–Crippen LogP) is 1.63. The Kier molecular flexibility index (Phi) is 5.40. The highest BCUT2D eigenvalue weighted by atomic mass is 32.2. The highest BCUT2D eigenvalue weighted by Gasteiger charge is 2.15. The van der Waals surface area contributed by atoms with Crippen molar-refractivity contribution in [2.75, 3.05) is 20.3 Å². The number of thiophene rings is 1. The summed E-state index contributed by atoms with van der Waals surface area (Å²) >= 11 is 1.32. The lowest BCUT2D eigenvalue weighted by Crippen LogP contribution is -2.24. The smallest absolute Gasteiger partial charge is 0.250 e. The molecule has 0 aliphatic rings. The standard InChI is InChI=1S/C10H17NO3S2/c1-3-9-5-6-10(15-9)16(12,13)11-7-4-8-14-2/h5-6,11H,3-4,7-8H2,1-2H3. The van der Waals surface area contributed by atoms with Crippen molar-refractivity contribution in [1.29, 1.82) is 0 Å². The zero-order valence-corrected chi connectivity index (χ0v) is 11.2. The third-order valence-corrected chi connectivity index (χ3v) is 5.25. The molecule has 0 unspecified atom stereocenters. The van der Waals surface area contributed by atoms with Crippen LogP contribution in [-0.2, 0) is 21.2 Å². The maximum atomic E-state index is 11.8. The summed E-state index contributed by atoms with van der Waals surface area (Å²) < 4.78 is 31.4. The van der Waals surface area contributed by atoms with Gasteiger partial charge in [-0.2, -0.15) is 0 Å². The minimum Gasteiger partial charge on any atom is -0.385 e. The molecule has 0 radical (unpaired) electrons. The average Bonchev–Trinajstić information content (AvgIpc) is 2.73. The van der Waals surface area contributed by atoms with Crippen molar-refractivity contribution in [3.63, 3.8) is 0 Å². The van der Waals surface area contributed by atoms with Gasteiger partial charge in [0, 0.05) is 25.1 Å². The van der Waals surface area contributed by atoms with Crippen LogP contribution in [0, 0.1) is 0 Å². The molecule has 1 heterocycles. The second-order valence-corrected chi connectivity index (χ2v) is 6.48. The number of rotatable bonds is 7. The topological polar surface area (TPSA) is 55.4 Å². The minimum absolute atomic E-state index is 0.391. The fraction of sp³-hybridized carbons (Fsp3) is 0.600. The Hall–Kier alpha value is -0.430. The molecule has 0 amide bonds. The van der Waals surface area contributed by atoms with Crippen LogP contribution in [0.25, 0.3) is 0 Å². The van der Waals surface area contributed by atoms with E-state index in [1.54, 1.807) is 13.2 Å². The third kappa shape index (κ3) is 3.86. The van der Waals surface area contributed by atoms with Crippen LogP contribution >= 0.6 is 11.3 Å². The molecular weight excluding hydrogens is 246 g/mol. The molecule has 0 fully saturated rings. The van der Waals surface area contributed by atoms with Gasteiger partial charge in [0.1, 0.15) is 4.21 Å². The van der Waals surface area contributed by atoms with Gasteiger partial charge in [-0.25, -0.2) is 13.1 Å². The Labute approximate surface area is 101 Å². The lowest BCUT2D eigenvalue weighted by atomic mass is 10.4. The van der Waals surface area contributed by atoms with Crippen LogP contribution in [0.5, 0.6) is 0 Å². The quantitative estimate of drug-likeness (QED) is 0.761. The van der Waals surface area contributed by atoms with Crippen molar-refractivity contribution in [3.8, 4) is 0 Å². The molecule has 0 atom stereocenters. The van der Waals surface area contributed by atoms with Gasteiger partial charge in [0.05, 0.1) is 0 Å². The number of ether oxygens (including phenoxy) is 1. The molecule has 0 saturated carbocycles. The molecule has 0 aromatic carbocycles. The minimum atomic E-state index is -3.32. The molecule has 0 aliphatic heterocycles. The SMILES string of the molecule is CCc1ccc(S(=O)(=O)NCCCOC)s1.